The molecule has 1 aromatic heterocycles. The van der Waals surface area contributed by atoms with Crippen LogP contribution in [0.5, 0.6) is 0 Å². The Morgan fingerprint density at radius 3 is 2.26 bits per heavy atom. The number of carbonyl (C=O) groups is 2. The quantitative estimate of drug-likeness (QED) is 0.273. The van der Waals surface area contributed by atoms with Crippen molar-refractivity contribution in [3.05, 3.63) is 110 Å². The molecule has 178 valence electrons. The van der Waals surface area contributed by atoms with Gasteiger partial charge in [0.15, 0.2) is 5.78 Å². The van der Waals surface area contributed by atoms with Crippen LogP contribution in [0.25, 0.3) is 16.9 Å². The normalized spacial score (nSPS) is 10.8. The van der Waals surface area contributed by atoms with Crippen molar-refractivity contribution in [3.63, 3.8) is 0 Å². The molecule has 0 radical (unpaired) electrons. The number of nitrogens with zero attached hydrogens (tertiary/aromatic N) is 2. The molecule has 1 amide bonds. The van der Waals surface area contributed by atoms with Gasteiger partial charge in [0.1, 0.15) is 5.56 Å². The Morgan fingerprint density at radius 1 is 0.971 bits per heavy atom. The lowest BCUT2D eigenvalue weighted by molar-refractivity contribution is 0.0709. The molecule has 8 heteroatoms. The number of hydrogen-bond acceptors (Lipinski definition) is 3. The fraction of sp³-hybridized carbons (Fsp3) is 0.148. The van der Waals surface area contributed by atoms with Gasteiger partial charge in [-0.1, -0.05) is 64.8 Å². The molecule has 35 heavy (non-hydrogen) atoms. The Labute approximate surface area is 216 Å². The maximum absolute atomic E-state index is 13.6. The van der Waals surface area contributed by atoms with E-state index in [9.17, 15) is 14.4 Å². The third-order valence-corrected chi connectivity index (χ3v) is 6.30. The molecule has 0 saturated carbocycles. The third-order valence-electron chi connectivity index (χ3n) is 5.52. The second kappa shape index (κ2) is 10.9. The molecule has 3 aromatic carbocycles. The molecule has 4 rings (SSSR count). The van der Waals surface area contributed by atoms with Crippen molar-refractivity contribution in [3.8, 4) is 16.9 Å². The van der Waals surface area contributed by atoms with Crippen LogP contribution in [-0.4, -0.2) is 39.5 Å². The van der Waals surface area contributed by atoms with E-state index in [0.29, 0.717) is 40.5 Å². The van der Waals surface area contributed by atoms with Gasteiger partial charge in [0.2, 0.25) is 0 Å². The smallest absolute Gasteiger partial charge is 0.282 e. The molecule has 0 fully saturated rings. The SMILES string of the molecule is CCCN(CC(=O)c1c(-c2ccccc2)[nH]n(-c2ccc(Cl)cc2)c1=O)C(=O)c1ccc(Br)cc1. The number of rotatable bonds is 8. The van der Waals surface area contributed by atoms with E-state index in [1.165, 1.54) is 9.58 Å². The predicted molar refractivity (Wildman–Crippen MR) is 142 cm³/mol. The van der Waals surface area contributed by atoms with E-state index in [1.54, 1.807) is 48.5 Å². The first-order valence-electron chi connectivity index (χ1n) is 11.1. The highest BCUT2D eigenvalue weighted by molar-refractivity contribution is 9.10. The van der Waals surface area contributed by atoms with Gasteiger partial charge in [0.25, 0.3) is 11.5 Å². The Kier molecular flexibility index (Phi) is 7.68. The number of hydrogen-bond donors (Lipinski definition) is 1. The minimum atomic E-state index is -0.483. The van der Waals surface area contributed by atoms with Gasteiger partial charge in [-0.3, -0.25) is 19.5 Å². The van der Waals surface area contributed by atoms with Crippen LogP contribution in [0.3, 0.4) is 0 Å². The highest BCUT2D eigenvalue weighted by Crippen LogP contribution is 2.22. The number of Topliss-reactive ketones (excluding diaryl/α,β-unsaturated/α-hetero) is 1. The summed E-state index contributed by atoms with van der Waals surface area (Å²) in [6, 6.07) is 22.9. The number of ketones is 1. The van der Waals surface area contributed by atoms with Crippen molar-refractivity contribution < 1.29 is 9.59 Å². The molecule has 0 aliphatic rings. The topological polar surface area (TPSA) is 75.2 Å². The number of benzene rings is 3. The van der Waals surface area contributed by atoms with Gasteiger partial charge in [0.05, 0.1) is 17.9 Å². The number of amides is 1. The monoisotopic (exact) mass is 551 g/mol. The van der Waals surface area contributed by atoms with E-state index in [4.69, 9.17) is 11.6 Å². The molecule has 4 aromatic rings. The van der Waals surface area contributed by atoms with Crippen molar-refractivity contribution in [1.82, 2.24) is 14.7 Å². The van der Waals surface area contributed by atoms with E-state index < -0.39 is 11.3 Å². The first-order chi connectivity index (χ1) is 16.9. The average molecular weight is 553 g/mol. The Bertz CT molecular complexity index is 1390. The van der Waals surface area contributed by atoms with Crippen LogP contribution in [0, 0.1) is 0 Å². The summed E-state index contributed by atoms with van der Waals surface area (Å²) in [5.41, 5.74) is 1.65. The number of carbonyl (C=O) groups excluding carboxylic acids is 2. The van der Waals surface area contributed by atoms with Gasteiger partial charge in [0, 0.05) is 27.2 Å². The number of aromatic amines is 1. The summed E-state index contributed by atoms with van der Waals surface area (Å²) in [5, 5.41) is 3.62. The number of H-pyrrole nitrogens is 1. The average Bonchev–Trinajstić information content (AvgIpc) is 3.22. The van der Waals surface area contributed by atoms with E-state index in [-0.39, 0.29) is 18.0 Å². The van der Waals surface area contributed by atoms with Crippen LogP contribution in [-0.2, 0) is 0 Å². The van der Waals surface area contributed by atoms with Crippen LogP contribution >= 0.6 is 27.5 Å². The zero-order valence-electron chi connectivity index (χ0n) is 19.0. The van der Waals surface area contributed by atoms with E-state index >= 15 is 0 Å². The highest BCUT2D eigenvalue weighted by Gasteiger charge is 2.26. The molecule has 0 saturated heterocycles. The summed E-state index contributed by atoms with van der Waals surface area (Å²) in [6.07, 6.45) is 0.670. The van der Waals surface area contributed by atoms with E-state index in [2.05, 4.69) is 21.0 Å². The molecular formula is C27H23BrClN3O3. The second-order valence-electron chi connectivity index (χ2n) is 8.00. The maximum Gasteiger partial charge on any atom is 0.282 e. The standard InChI is InChI=1S/C27H23BrClN3O3/c1-2-16-31(26(34)19-8-10-20(28)11-9-19)17-23(33)24-25(18-6-4-3-5-7-18)30-32(27(24)35)22-14-12-21(29)13-15-22/h3-15,30H,2,16-17H2,1H3. The molecule has 0 aliphatic carbocycles. The Hall–Kier alpha value is -3.42. The molecule has 0 atom stereocenters. The summed E-state index contributed by atoms with van der Waals surface area (Å²) >= 11 is 9.38. The van der Waals surface area contributed by atoms with Crippen LogP contribution in [0.4, 0.5) is 0 Å². The summed E-state index contributed by atoms with van der Waals surface area (Å²) in [5.74, 6) is -0.695. The van der Waals surface area contributed by atoms with Crippen molar-refractivity contribution in [1.29, 1.82) is 0 Å². The summed E-state index contributed by atoms with van der Waals surface area (Å²) in [6.45, 7) is 2.11. The van der Waals surface area contributed by atoms with Crippen molar-refractivity contribution in [2.45, 2.75) is 13.3 Å². The van der Waals surface area contributed by atoms with Crippen LogP contribution in [0.15, 0.2) is 88.1 Å². The van der Waals surface area contributed by atoms with Gasteiger partial charge in [-0.15, -0.1) is 0 Å². The van der Waals surface area contributed by atoms with Crippen LogP contribution in [0.2, 0.25) is 5.02 Å². The van der Waals surface area contributed by atoms with Gasteiger partial charge in [-0.05, 0) is 55.0 Å². The maximum atomic E-state index is 13.6. The minimum absolute atomic E-state index is 0.0101. The van der Waals surface area contributed by atoms with Gasteiger partial charge in [-0.2, -0.15) is 0 Å². The molecule has 1 heterocycles. The van der Waals surface area contributed by atoms with Gasteiger partial charge in [-0.25, -0.2) is 4.68 Å². The lowest BCUT2D eigenvalue weighted by atomic mass is 10.0. The number of halogens is 2. The van der Waals surface area contributed by atoms with E-state index in [1.807, 2.05) is 37.3 Å². The number of nitrogens with one attached hydrogen (secondary N) is 1. The molecule has 0 bridgehead atoms. The van der Waals surface area contributed by atoms with Crippen molar-refractivity contribution in [2.24, 2.45) is 0 Å². The Morgan fingerprint density at radius 2 is 1.63 bits per heavy atom. The Balaban J connectivity index is 1.74. The van der Waals surface area contributed by atoms with Crippen LogP contribution in [0.1, 0.15) is 34.1 Å². The van der Waals surface area contributed by atoms with Crippen molar-refractivity contribution in [2.75, 3.05) is 13.1 Å². The molecule has 1 N–H and O–H groups in total. The molecule has 0 spiro atoms. The third kappa shape index (κ3) is 5.47. The summed E-state index contributed by atoms with van der Waals surface area (Å²) in [4.78, 5) is 41.7. The molecule has 6 nitrogen and oxygen atoms in total. The zero-order valence-corrected chi connectivity index (χ0v) is 21.3. The minimum Gasteiger partial charge on any atom is -0.331 e. The molecule has 0 unspecified atom stereocenters. The van der Waals surface area contributed by atoms with E-state index in [0.717, 1.165) is 4.47 Å². The second-order valence-corrected chi connectivity index (χ2v) is 9.35. The van der Waals surface area contributed by atoms with Crippen molar-refractivity contribution >= 4 is 39.2 Å². The van der Waals surface area contributed by atoms with Gasteiger partial charge < -0.3 is 4.90 Å². The lowest BCUT2D eigenvalue weighted by Crippen LogP contribution is -2.37. The molecule has 0 aliphatic heterocycles. The lowest BCUT2D eigenvalue weighted by Gasteiger charge is -2.21. The fourth-order valence-corrected chi connectivity index (χ4v) is 4.22. The summed E-state index contributed by atoms with van der Waals surface area (Å²) < 4.78 is 2.18. The fourth-order valence-electron chi connectivity index (χ4n) is 3.83. The molecular weight excluding hydrogens is 530 g/mol. The van der Waals surface area contributed by atoms with Gasteiger partial charge >= 0.3 is 0 Å². The highest BCUT2D eigenvalue weighted by atomic mass is 79.9. The zero-order chi connectivity index (χ0) is 24.9. The largest absolute Gasteiger partial charge is 0.331 e. The first kappa shape index (κ1) is 24.7. The van der Waals surface area contributed by atoms with Crippen LogP contribution < -0.4 is 5.56 Å². The summed E-state index contributed by atoms with van der Waals surface area (Å²) in [7, 11) is 0. The number of aromatic nitrogens is 2. The first-order valence-corrected chi connectivity index (χ1v) is 12.3. The predicted octanol–water partition coefficient (Wildman–Crippen LogP) is 5.98.